The third-order valence-electron chi connectivity index (χ3n) is 8.14. The number of nitrogens with zero attached hydrogens (tertiary/aromatic N) is 1. The average Bonchev–Trinajstić information content (AvgIpc) is 3.17. The van der Waals surface area contributed by atoms with Gasteiger partial charge in [0.25, 0.3) is 5.91 Å². The zero-order chi connectivity index (χ0) is 22.7. The third-order valence-corrected chi connectivity index (χ3v) is 8.14. The van der Waals surface area contributed by atoms with Crippen LogP contribution in [0.4, 0.5) is 10.1 Å². The molecule has 2 aromatic rings. The van der Waals surface area contributed by atoms with Crippen LogP contribution in [-0.4, -0.2) is 36.4 Å². The number of ether oxygens (including phenoxy) is 1. The first-order valence-corrected chi connectivity index (χ1v) is 12.1. The number of hydrogen-bond acceptors (Lipinski definition) is 3. The average molecular weight is 449 g/mol. The molecule has 1 atom stereocenters. The van der Waals surface area contributed by atoms with Gasteiger partial charge in [0.1, 0.15) is 17.6 Å². The molecule has 2 fully saturated rings. The van der Waals surface area contributed by atoms with E-state index < -0.39 is 11.9 Å². The summed E-state index contributed by atoms with van der Waals surface area (Å²) in [6.45, 7) is 0.536. The smallest absolute Gasteiger partial charge is 0.258 e. The lowest BCUT2D eigenvalue weighted by Gasteiger charge is -2.26. The predicted molar refractivity (Wildman–Crippen MR) is 123 cm³/mol. The van der Waals surface area contributed by atoms with E-state index in [9.17, 15) is 14.0 Å². The molecule has 1 saturated carbocycles. The van der Waals surface area contributed by atoms with Gasteiger partial charge < -0.3 is 15.0 Å². The van der Waals surface area contributed by atoms with Crippen LogP contribution in [-0.2, 0) is 30.5 Å². The normalized spacial score (nSPS) is 21.8. The van der Waals surface area contributed by atoms with Gasteiger partial charge in [-0.15, -0.1) is 0 Å². The number of benzene rings is 2. The van der Waals surface area contributed by atoms with Gasteiger partial charge in [-0.25, -0.2) is 4.39 Å². The third kappa shape index (κ3) is 3.42. The summed E-state index contributed by atoms with van der Waals surface area (Å²) >= 11 is 0. The fourth-order valence-electron chi connectivity index (χ4n) is 6.22. The second-order valence-electron chi connectivity index (χ2n) is 10.2. The van der Waals surface area contributed by atoms with Crippen LogP contribution < -0.4 is 10.1 Å². The number of rotatable bonds is 4. The molecule has 1 heterocycles. The minimum absolute atomic E-state index is 0.0266. The lowest BCUT2D eigenvalue weighted by atomic mass is 9.98. The van der Waals surface area contributed by atoms with Crippen LogP contribution in [0, 0.1) is 11.2 Å². The summed E-state index contributed by atoms with van der Waals surface area (Å²) < 4.78 is 19.3. The van der Waals surface area contributed by atoms with Crippen molar-refractivity contribution in [3.8, 4) is 5.75 Å². The molecule has 0 aromatic heterocycles. The number of methoxy groups -OCH3 is 1. The number of likely N-dealkylation sites (tertiary alicyclic amines) is 1. The maximum atomic E-state index is 14.0. The first-order chi connectivity index (χ1) is 16.0. The van der Waals surface area contributed by atoms with Gasteiger partial charge >= 0.3 is 0 Å². The van der Waals surface area contributed by atoms with Gasteiger partial charge in [-0.2, -0.15) is 0 Å². The Labute approximate surface area is 193 Å². The van der Waals surface area contributed by atoms with Gasteiger partial charge in [0, 0.05) is 12.2 Å². The Hall–Kier alpha value is -2.89. The van der Waals surface area contributed by atoms with Crippen molar-refractivity contribution < 1.29 is 18.7 Å². The van der Waals surface area contributed by atoms with E-state index in [-0.39, 0.29) is 22.8 Å². The van der Waals surface area contributed by atoms with Crippen molar-refractivity contribution in [2.24, 2.45) is 5.41 Å². The highest BCUT2D eigenvalue weighted by Crippen LogP contribution is 2.55. The van der Waals surface area contributed by atoms with Crippen LogP contribution in [0.2, 0.25) is 0 Å². The zero-order valence-corrected chi connectivity index (χ0v) is 19.0. The maximum absolute atomic E-state index is 14.0. The molecule has 172 valence electrons. The van der Waals surface area contributed by atoms with Gasteiger partial charge in [0.05, 0.1) is 12.7 Å². The molecule has 6 heteroatoms. The summed E-state index contributed by atoms with van der Waals surface area (Å²) in [6.07, 6.45) is 9.10. The summed E-state index contributed by atoms with van der Waals surface area (Å²) in [5, 5.41) is 3.29. The van der Waals surface area contributed by atoms with E-state index in [0.717, 1.165) is 57.1 Å². The Balaban J connectivity index is 1.32. The van der Waals surface area contributed by atoms with Crippen molar-refractivity contribution in [2.75, 3.05) is 19.0 Å². The van der Waals surface area contributed by atoms with Gasteiger partial charge in [0.2, 0.25) is 5.91 Å². The van der Waals surface area contributed by atoms with Crippen LogP contribution in [0.25, 0.3) is 0 Å². The number of amides is 2. The Kier molecular flexibility index (Phi) is 4.75. The van der Waals surface area contributed by atoms with Crippen molar-refractivity contribution in [3.05, 3.63) is 57.9 Å². The highest BCUT2D eigenvalue weighted by molar-refractivity contribution is 6.03. The summed E-state index contributed by atoms with van der Waals surface area (Å²) in [4.78, 5) is 28.9. The van der Waals surface area contributed by atoms with Crippen LogP contribution >= 0.6 is 0 Å². The van der Waals surface area contributed by atoms with Crippen LogP contribution in [0.5, 0.6) is 5.75 Å². The van der Waals surface area contributed by atoms with Crippen molar-refractivity contribution >= 4 is 17.5 Å². The van der Waals surface area contributed by atoms with Crippen LogP contribution in [0.15, 0.2) is 24.3 Å². The fourth-order valence-corrected chi connectivity index (χ4v) is 6.22. The monoisotopic (exact) mass is 448 g/mol. The Morgan fingerprint density at radius 2 is 1.76 bits per heavy atom. The highest BCUT2D eigenvalue weighted by atomic mass is 19.1. The van der Waals surface area contributed by atoms with E-state index >= 15 is 0 Å². The van der Waals surface area contributed by atoms with Crippen LogP contribution in [0.1, 0.15) is 64.7 Å². The Bertz CT molecular complexity index is 1140. The quantitative estimate of drug-likeness (QED) is 0.752. The zero-order valence-electron chi connectivity index (χ0n) is 19.0. The molecule has 1 N–H and O–H groups in total. The predicted octanol–water partition coefficient (Wildman–Crippen LogP) is 4.45. The Morgan fingerprint density at radius 1 is 1.06 bits per heavy atom. The summed E-state index contributed by atoms with van der Waals surface area (Å²) in [5.41, 5.74) is 6.52. The van der Waals surface area contributed by atoms with Gasteiger partial charge in [-0.3, -0.25) is 9.59 Å². The molecule has 4 aliphatic rings. The molecular weight excluding hydrogens is 419 g/mol. The van der Waals surface area contributed by atoms with Crippen LogP contribution in [0.3, 0.4) is 0 Å². The molecule has 1 spiro atoms. The first kappa shape index (κ1) is 20.7. The number of fused-ring (bicyclic) bond motifs is 2. The van der Waals surface area contributed by atoms with Gasteiger partial charge in [-0.1, -0.05) is 6.07 Å². The summed E-state index contributed by atoms with van der Waals surface area (Å²) in [5.74, 6) is -0.609. The number of aryl methyl sites for hydroxylation is 2. The SMILES string of the molecule is COc1ccc(F)cc1C(=O)N1CC2(CC2)C[C@@H]1C(=O)Nc1c2c(cc3c1CCC3)CCC2. The molecule has 1 saturated heterocycles. The number of nitrogens with one attached hydrogen (secondary N) is 1. The lowest BCUT2D eigenvalue weighted by molar-refractivity contribution is -0.119. The summed E-state index contributed by atoms with van der Waals surface area (Å²) in [7, 11) is 1.47. The fraction of sp³-hybridized carbons (Fsp3) is 0.481. The van der Waals surface area contributed by atoms with Crippen molar-refractivity contribution in [1.82, 2.24) is 4.90 Å². The highest BCUT2D eigenvalue weighted by Gasteiger charge is 2.55. The maximum Gasteiger partial charge on any atom is 0.258 e. The van der Waals surface area contributed by atoms with E-state index in [4.69, 9.17) is 4.74 Å². The molecule has 0 radical (unpaired) electrons. The minimum Gasteiger partial charge on any atom is -0.496 e. The number of halogens is 1. The first-order valence-electron chi connectivity index (χ1n) is 12.1. The van der Waals surface area contributed by atoms with E-state index in [1.807, 2.05) is 0 Å². The van der Waals surface area contributed by atoms with Crippen molar-refractivity contribution in [1.29, 1.82) is 0 Å². The molecule has 6 rings (SSSR count). The van der Waals surface area contributed by atoms with E-state index in [1.165, 1.54) is 47.6 Å². The number of anilines is 1. The number of hydrogen-bond donors (Lipinski definition) is 1. The molecule has 0 bridgehead atoms. The molecular formula is C27H29FN2O3. The molecule has 1 aliphatic heterocycles. The van der Waals surface area contributed by atoms with E-state index in [2.05, 4.69) is 11.4 Å². The molecule has 3 aliphatic carbocycles. The van der Waals surface area contributed by atoms with Crippen molar-refractivity contribution in [3.63, 3.8) is 0 Å². The summed E-state index contributed by atoms with van der Waals surface area (Å²) in [6, 6.07) is 5.76. The second kappa shape index (κ2) is 7.57. The molecule has 5 nitrogen and oxygen atoms in total. The van der Waals surface area contributed by atoms with E-state index in [0.29, 0.717) is 18.7 Å². The molecule has 2 amide bonds. The molecule has 0 unspecified atom stereocenters. The number of carbonyl (C=O) groups is 2. The van der Waals surface area contributed by atoms with Gasteiger partial charge in [-0.05, 0) is 104 Å². The largest absolute Gasteiger partial charge is 0.496 e. The van der Waals surface area contributed by atoms with Crippen molar-refractivity contribution in [2.45, 2.75) is 63.8 Å². The second-order valence-corrected chi connectivity index (χ2v) is 10.2. The Morgan fingerprint density at radius 3 is 2.39 bits per heavy atom. The lowest BCUT2D eigenvalue weighted by Crippen LogP contribution is -2.43. The molecule has 33 heavy (non-hydrogen) atoms. The standard InChI is InChI=1S/C27H29FN2O3/c1-33-23-9-8-18(28)13-21(23)26(32)30-15-27(10-11-27)14-22(30)25(31)29-24-19-6-2-4-16(19)12-17-5-3-7-20(17)24/h8-9,12-13,22H,2-7,10-11,14-15H2,1H3,(H,29,31)/t22-/m1/s1. The minimum atomic E-state index is -0.553. The number of carbonyl (C=O) groups excluding carboxylic acids is 2. The topological polar surface area (TPSA) is 58.6 Å². The van der Waals surface area contributed by atoms with E-state index in [1.54, 1.807) is 4.90 Å². The molecule has 2 aromatic carbocycles. The van der Waals surface area contributed by atoms with Gasteiger partial charge in [0.15, 0.2) is 0 Å².